The van der Waals surface area contributed by atoms with Gasteiger partial charge in [-0.25, -0.2) is 0 Å². The number of nitrogens with one attached hydrogen (secondary N) is 1. The van der Waals surface area contributed by atoms with Crippen molar-refractivity contribution >= 4 is 23.2 Å². The molecule has 3 aromatic carbocycles. The molecule has 1 heterocycles. The van der Waals surface area contributed by atoms with Crippen LogP contribution in [0, 0.1) is 0 Å². The maximum absolute atomic E-state index is 13.0. The Morgan fingerprint density at radius 1 is 0.815 bits per heavy atom. The molecule has 4 heteroatoms. The first kappa shape index (κ1) is 16.9. The molecule has 134 valence electrons. The summed E-state index contributed by atoms with van der Waals surface area (Å²) in [4.78, 5) is 13.0. The highest BCUT2D eigenvalue weighted by atomic mass is 16.6. The Kier molecular flexibility index (Phi) is 4.88. The fourth-order valence-corrected chi connectivity index (χ4v) is 2.93. The van der Waals surface area contributed by atoms with E-state index >= 15 is 0 Å². The van der Waals surface area contributed by atoms with Crippen molar-refractivity contribution in [3.63, 3.8) is 0 Å². The fourth-order valence-electron chi connectivity index (χ4n) is 2.93. The maximum Gasteiger partial charge on any atom is 0.256 e. The Balaban J connectivity index is 1.64. The molecule has 1 N–H and O–H groups in total. The van der Waals surface area contributed by atoms with Gasteiger partial charge in [-0.2, -0.15) is 0 Å². The van der Waals surface area contributed by atoms with E-state index in [0.29, 0.717) is 36.0 Å². The lowest BCUT2D eigenvalue weighted by molar-refractivity contribution is -0.111. The number of rotatable bonds is 4. The lowest BCUT2D eigenvalue weighted by Crippen LogP contribution is -2.17. The molecule has 3 aromatic rings. The van der Waals surface area contributed by atoms with Crippen molar-refractivity contribution in [2.24, 2.45) is 0 Å². The van der Waals surface area contributed by atoms with Crippen LogP contribution in [0.1, 0.15) is 11.1 Å². The number of fused-ring (bicyclic) bond motifs is 1. The van der Waals surface area contributed by atoms with E-state index in [-0.39, 0.29) is 5.91 Å². The van der Waals surface area contributed by atoms with Gasteiger partial charge in [-0.05, 0) is 29.3 Å². The van der Waals surface area contributed by atoms with Gasteiger partial charge in [-0.3, -0.25) is 4.79 Å². The number of anilines is 1. The molecule has 4 nitrogen and oxygen atoms in total. The summed E-state index contributed by atoms with van der Waals surface area (Å²) in [5.41, 5.74) is 3.08. The molecule has 0 fully saturated rings. The van der Waals surface area contributed by atoms with Crippen molar-refractivity contribution in [2.75, 3.05) is 18.5 Å². The summed E-state index contributed by atoms with van der Waals surface area (Å²) >= 11 is 0. The minimum absolute atomic E-state index is 0.179. The van der Waals surface area contributed by atoms with Gasteiger partial charge in [0.2, 0.25) is 0 Å². The quantitative estimate of drug-likeness (QED) is 0.547. The second kappa shape index (κ2) is 7.79. The van der Waals surface area contributed by atoms with E-state index in [1.807, 2.05) is 78.9 Å². The number of amides is 1. The van der Waals surface area contributed by atoms with Crippen LogP contribution in [0.15, 0.2) is 78.9 Å². The van der Waals surface area contributed by atoms with Crippen molar-refractivity contribution in [2.45, 2.75) is 0 Å². The zero-order valence-corrected chi connectivity index (χ0v) is 14.7. The van der Waals surface area contributed by atoms with E-state index in [1.54, 1.807) is 6.07 Å². The van der Waals surface area contributed by atoms with Gasteiger partial charge < -0.3 is 14.8 Å². The molecule has 1 aliphatic heterocycles. The van der Waals surface area contributed by atoms with E-state index in [9.17, 15) is 4.79 Å². The van der Waals surface area contributed by atoms with E-state index in [4.69, 9.17) is 9.47 Å². The molecular formula is C23H19NO3. The Labute approximate surface area is 158 Å². The van der Waals surface area contributed by atoms with Crippen molar-refractivity contribution in [1.29, 1.82) is 0 Å². The number of hydrogen-bond acceptors (Lipinski definition) is 3. The summed E-state index contributed by atoms with van der Waals surface area (Å²) in [5, 5.41) is 2.97. The third-order valence-corrected chi connectivity index (χ3v) is 4.24. The van der Waals surface area contributed by atoms with Gasteiger partial charge in [-0.15, -0.1) is 0 Å². The van der Waals surface area contributed by atoms with Crippen LogP contribution in [0.3, 0.4) is 0 Å². The van der Waals surface area contributed by atoms with Gasteiger partial charge >= 0.3 is 0 Å². The molecule has 0 aliphatic carbocycles. The zero-order valence-electron chi connectivity index (χ0n) is 14.7. The molecule has 0 unspecified atom stereocenters. The van der Waals surface area contributed by atoms with Crippen LogP contribution in [0.25, 0.3) is 11.6 Å². The lowest BCUT2D eigenvalue weighted by Gasteiger charge is -2.19. The normalized spacial score (nSPS) is 13.1. The van der Waals surface area contributed by atoms with Crippen LogP contribution >= 0.6 is 0 Å². The van der Waals surface area contributed by atoms with Crippen LogP contribution in [-0.4, -0.2) is 19.1 Å². The van der Waals surface area contributed by atoms with Gasteiger partial charge in [0.15, 0.2) is 11.5 Å². The predicted molar refractivity (Wildman–Crippen MR) is 107 cm³/mol. The highest BCUT2D eigenvalue weighted by Crippen LogP contribution is 2.33. The summed E-state index contributed by atoms with van der Waals surface area (Å²) in [7, 11) is 0. The molecule has 0 spiro atoms. The molecule has 1 amide bonds. The maximum atomic E-state index is 13.0. The molecular weight excluding hydrogens is 338 g/mol. The van der Waals surface area contributed by atoms with Crippen molar-refractivity contribution in [3.8, 4) is 11.5 Å². The lowest BCUT2D eigenvalue weighted by atomic mass is 10.0. The van der Waals surface area contributed by atoms with Gasteiger partial charge in [0.05, 0.1) is 0 Å². The summed E-state index contributed by atoms with van der Waals surface area (Å²) < 4.78 is 11.1. The second-order valence-corrected chi connectivity index (χ2v) is 6.15. The highest BCUT2D eigenvalue weighted by Gasteiger charge is 2.16. The summed E-state index contributed by atoms with van der Waals surface area (Å²) in [6.45, 7) is 1.05. The molecule has 0 bridgehead atoms. The minimum atomic E-state index is -0.179. The largest absolute Gasteiger partial charge is 0.486 e. The summed E-state index contributed by atoms with van der Waals surface area (Å²) in [6, 6.07) is 24.9. The average molecular weight is 357 g/mol. The number of benzene rings is 3. The van der Waals surface area contributed by atoms with E-state index in [0.717, 1.165) is 11.1 Å². The fraction of sp³-hybridized carbons (Fsp3) is 0.0870. The van der Waals surface area contributed by atoms with Gasteiger partial charge in [0.25, 0.3) is 5.91 Å². The van der Waals surface area contributed by atoms with Crippen molar-refractivity contribution in [1.82, 2.24) is 0 Å². The Hall–Kier alpha value is -3.53. The van der Waals surface area contributed by atoms with Gasteiger partial charge in [0.1, 0.15) is 13.2 Å². The number of ether oxygens (including phenoxy) is 2. The van der Waals surface area contributed by atoms with E-state index in [1.165, 1.54) is 0 Å². The summed E-state index contributed by atoms with van der Waals surface area (Å²) in [6.07, 6.45) is 1.89. The SMILES string of the molecule is O=C(Nc1ccc2c(c1)OCCO2)C(=Cc1ccccc1)c1ccccc1. The van der Waals surface area contributed by atoms with Crippen molar-refractivity contribution < 1.29 is 14.3 Å². The monoisotopic (exact) mass is 357 g/mol. The first-order chi connectivity index (χ1) is 13.3. The molecule has 4 rings (SSSR count). The van der Waals surface area contributed by atoms with Gasteiger partial charge in [0, 0.05) is 17.3 Å². The molecule has 0 saturated heterocycles. The number of carbonyl (C=O) groups excluding carboxylic acids is 1. The molecule has 0 aromatic heterocycles. The summed E-state index contributed by atoms with van der Waals surface area (Å²) in [5.74, 6) is 1.16. The standard InChI is InChI=1S/C23H19NO3/c25-23(24-19-11-12-21-22(16-19)27-14-13-26-21)20(18-9-5-2-6-10-18)15-17-7-3-1-4-8-17/h1-12,15-16H,13-14H2,(H,24,25). The first-order valence-electron chi connectivity index (χ1n) is 8.83. The van der Waals surface area contributed by atoms with E-state index < -0.39 is 0 Å². The number of carbonyl (C=O) groups is 1. The predicted octanol–water partition coefficient (Wildman–Crippen LogP) is 4.64. The average Bonchev–Trinajstić information content (AvgIpc) is 2.73. The molecule has 1 aliphatic rings. The topological polar surface area (TPSA) is 47.6 Å². The van der Waals surface area contributed by atoms with Gasteiger partial charge in [-0.1, -0.05) is 60.7 Å². The third kappa shape index (κ3) is 4.01. The second-order valence-electron chi connectivity index (χ2n) is 6.15. The van der Waals surface area contributed by atoms with Crippen LogP contribution in [-0.2, 0) is 4.79 Å². The molecule has 0 radical (unpaired) electrons. The van der Waals surface area contributed by atoms with Crippen LogP contribution in [0.4, 0.5) is 5.69 Å². The first-order valence-corrected chi connectivity index (χ1v) is 8.83. The van der Waals surface area contributed by atoms with Crippen LogP contribution in [0.5, 0.6) is 11.5 Å². The minimum Gasteiger partial charge on any atom is -0.486 e. The number of hydrogen-bond donors (Lipinski definition) is 1. The molecule has 0 atom stereocenters. The zero-order chi connectivity index (χ0) is 18.5. The Morgan fingerprint density at radius 2 is 1.48 bits per heavy atom. The van der Waals surface area contributed by atoms with Crippen LogP contribution in [0.2, 0.25) is 0 Å². The van der Waals surface area contributed by atoms with Crippen LogP contribution < -0.4 is 14.8 Å². The smallest absolute Gasteiger partial charge is 0.256 e. The third-order valence-electron chi connectivity index (χ3n) is 4.24. The molecule has 0 saturated carbocycles. The Morgan fingerprint density at radius 3 is 2.22 bits per heavy atom. The Bertz CT molecular complexity index is 965. The van der Waals surface area contributed by atoms with Crippen molar-refractivity contribution in [3.05, 3.63) is 90.0 Å². The highest BCUT2D eigenvalue weighted by molar-refractivity contribution is 6.29. The molecule has 27 heavy (non-hydrogen) atoms. The van der Waals surface area contributed by atoms with E-state index in [2.05, 4.69) is 5.32 Å².